The van der Waals surface area contributed by atoms with Crippen molar-refractivity contribution in [2.45, 2.75) is 90.9 Å². The van der Waals surface area contributed by atoms with Gasteiger partial charge in [-0.15, -0.1) is 0 Å². The van der Waals surface area contributed by atoms with Gasteiger partial charge in [-0.25, -0.2) is 0 Å². The van der Waals surface area contributed by atoms with Crippen LogP contribution in [0, 0.1) is 29.6 Å². The predicted molar refractivity (Wildman–Crippen MR) is 111 cm³/mol. The molecule has 0 spiro atoms. The number of carbonyl (C=O) groups excluding carboxylic acids is 2. The summed E-state index contributed by atoms with van der Waals surface area (Å²) in [5.41, 5.74) is 0. The summed E-state index contributed by atoms with van der Waals surface area (Å²) in [6.45, 7) is 4.53. The molecular weight excluding hydrogens is 352 g/mol. The van der Waals surface area contributed by atoms with Crippen molar-refractivity contribution >= 4 is 17.5 Å². The van der Waals surface area contributed by atoms with E-state index in [0.717, 1.165) is 18.8 Å². The Morgan fingerprint density at radius 3 is 2.43 bits per heavy atom. The lowest BCUT2D eigenvalue weighted by Gasteiger charge is -2.26. The summed E-state index contributed by atoms with van der Waals surface area (Å²) < 4.78 is 0. The van der Waals surface area contributed by atoms with Crippen LogP contribution < -0.4 is 0 Å². The number of carboxylic acid groups (broad SMARTS) is 1. The number of aliphatic carboxylic acids is 1. The Morgan fingerprint density at radius 2 is 1.79 bits per heavy atom. The Hall–Kier alpha value is -1.45. The molecule has 0 bridgehead atoms. The van der Waals surface area contributed by atoms with E-state index in [9.17, 15) is 14.4 Å². The zero-order valence-corrected chi connectivity index (χ0v) is 17.7. The molecule has 2 aliphatic rings. The summed E-state index contributed by atoms with van der Waals surface area (Å²) in [7, 11) is 0. The number of allylic oxidation sites excluding steroid dienone is 2. The maximum Gasteiger partial charge on any atom is 0.306 e. The lowest BCUT2D eigenvalue weighted by atomic mass is 9.77. The number of ketones is 2. The predicted octanol–water partition coefficient (Wildman–Crippen LogP) is 5.59. The molecule has 0 unspecified atom stereocenters. The number of carbonyl (C=O) groups is 3. The van der Waals surface area contributed by atoms with Crippen LogP contribution in [0.5, 0.6) is 0 Å². The molecule has 28 heavy (non-hydrogen) atoms. The Morgan fingerprint density at radius 1 is 1.11 bits per heavy atom. The molecule has 0 aromatic heterocycles. The maximum absolute atomic E-state index is 12.7. The van der Waals surface area contributed by atoms with Gasteiger partial charge in [0.2, 0.25) is 0 Å². The van der Waals surface area contributed by atoms with Gasteiger partial charge in [0.1, 0.15) is 11.6 Å². The highest BCUT2D eigenvalue weighted by molar-refractivity contribution is 5.90. The quantitative estimate of drug-likeness (QED) is 0.466. The third-order valence-corrected chi connectivity index (χ3v) is 6.87. The molecule has 2 aliphatic carbocycles. The van der Waals surface area contributed by atoms with E-state index in [1.54, 1.807) is 0 Å². The Balaban J connectivity index is 1.79. The highest BCUT2D eigenvalue weighted by Gasteiger charge is 2.37. The number of rotatable bonds is 11. The zero-order valence-electron chi connectivity index (χ0n) is 17.7. The first-order chi connectivity index (χ1) is 13.4. The third-order valence-electron chi connectivity index (χ3n) is 6.87. The van der Waals surface area contributed by atoms with Crippen molar-refractivity contribution in [3.63, 3.8) is 0 Å². The van der Waals surface area contributed by atoms with E-state index in [2.05, 4.69) is 26.0 Å². The molecule has 0 radical (unpaired) electrons. The SMILES string of the molecule is CCCC[C@H](C)CCC=C[C@H]1CCC(=O)[C@@H]1CC(=O)C1CCC(C(=O)O)CC1. The molecule has 158 valence electrons. The minimum absolute atomic E-state index is 0.0481. The molecule has 0 aliphatic heterocycles. The van der Waals surface area contributed by atoms with Crippen LogP contribution in [0.25, 0.3) is 0 Å². The normalized spacial score (nSPS) is 29.3. The first kappa shape index (κ1) is 22.8. The van der Waals surface area contributed by atoms with E-state index in [-0.39, 0.29) is 35.2 Å². The standard InChI is InChI=1S/C24H38O4/c1-3-4-7-17(2)8-5-6-9-18-14-15-22(25)21(18)16-23(26)19-10-12-20(13-11-19)24(27)28/h6,9,17-21H,3-5,7-8,10-16H2,1-2H3,(H,27,28)/t17-,18-,19?,20?,21+/m0/s1. The fourth-order valence-corrected chi connectivity index (χ4v) is 4.82. The van der Waals surface area contributed by atoms with Crippen molar-refractivity contribution in [3.8, 4) is 0 Å². The van der Waals surface area contributed by atoms with Gasteiger partial charge in [-0.1, -0.05) is 45.3 Å². The molecule has 0 aromatic carbocycles. The number of unbranched alkanes of at least 4 members (excludes halogenated alkanes) is 1. The smallest absolute Gasteiger partial charge is 0.306 e. The minimum Gasteiger partial charge on any atom is -0.481 e. The van der Waals surface area contributed by atoms with E-state index in [4.69, 9.17) is 5.11 Å². The number of hydrogen-bond donors (Lipinski definition) is 1. The van der Waals surface area contributed by atoms with Crippen molar-refractivity contribution in [2.24, 2.45) is 29.6 Å². The zero-order chi connectivity index (χ0) is 20.5. The van der Waals surface area contributed by atoms with Gasteiger partial charge in [-0.05, 0) is 56.8 Å². The molecule has 0 saturated heterocycles. The monoisotopic (exact) mass is 390 g/mol. The van der Waals surface area contributed by atoms with E-state index >= 15 is 0 Å². The van der Waals surface area contributed by atoms with Gasteiger partial charge < -0.3 is 5.11 Å². The lowest BCUT2D eigenvalue weighted by Crippen LogP contribution is -2.28. The molecule has 0 heterocycles. The molecule has 4 heteroatoms. The molecule has 2 fully saturated rings. The van der Waals surface area contributed by atoms with Gasteiger partial charge in [0.15, 0.2) is 0 Å². The van der Waals surface area contributed by atoms with Gasteiger partial charge in [-0.3, -0.25) is 14.4 Å². The summed E-state index contributed by atoms with van der Waals surface area (Å²) in [5.74, 6) is 0.116. The molecule has 3 atom stereocenters. The average molecular weight is 391 g/mol. The van der Waals surface area contributed by atoms with E-state index < -0.39 is 5.97 Å². The lowest BCUT2D eigenvalue weighted by molar-refractivity contribution is -0.144. The maximum atomic E-state index is 12.7. The molecule has 0 amide bonds. The molecular formula is C24H38O4. The third kappa shape index (κ3) is 6.86. The fourth-order valence-electron chi connectivity index (χ4n) is 4.82. The number of hydrogen-bond acceptors (Lipinski definition) is 3. The highest BCUT2D eigenvalue weighted by Crippen LogP contribution is 2.36. The Labute approximate surface area is 170 Å². The summed E-state index contributed by atoms with van der Waals surface area (Å²) in [6.07, 6.45) is 14.8. The molecule has 0 aromatic rings. The second-order valence-electron chi connectivity index (χ2n) is 9.09. The first-order valence-corrected chi connectivity index (χ1v) is 11.4. The largest absolute Gasteiger partial charge is 0.481 e. The van der Waals surface area contributed by atoms with Crippen LogP contribution in [0.2, 0.25) is 0 Å². The summed E-state index contributed by atoms with van der Waals surface area (Å²) in [6, 6.07) is 0. The number of Topliss-reactive ketones (excluding diaryl/α,β-unsaturated/α-hetero) is 2. The Kier molecular flexibility index (Phi) is 9.40. The van der Waals surface area contributed by atoms with Crippen molar-refractivity contribution in [1.29, 1.82) is 0 Å². The van der Waals surface area contributed by atoms with Gasteiger partial charge in [0.25, 0.3) is 0 Å². The molecule has 1 N–H and O–H groups in total. The number of carboxylic acids is 1. The van der Waals surface area contributed by atoms with Crippen molar-refractivity contribution in [1.82, 2.24) is 0 Å². The van der Waals surface area contributed by atoms with Crippen LogP contribution >= 0.6 is 0 Å². The van der Waals surface area contributed by atoms with Crippen molar-refractivity contribution < 1.29 is 19.5 Å². The van der Waals surface area contributed by atoms with Gasteiger partial charge in [0, 0.05) is 24.7 Å². The van der Waals surface area contributed by atoms with Crippen molar-refractivity contribution in [3.05, 3.63) is 12.2 Å². The molecule has 2 rings (SSSR count). The van der Waals surface area contributed by atoms with Crippen LogP contribution in [-0.4, -0.2) is 22.6 Å². The van der Waals surface area contributed by atoms with Crippen LogP contribution in [-0.2, 0) is 14.4 Å². The first-order valence-electron chi connectivity index (χ1n) is 11.4. The average Bonchev–Trinajstić information content (AvgIpc) is 3.03. The topological polar surface area (TPSA) is 71.4 Å². The molecule has 4 nitrogen and oxygen atoms in total. The molecule has 2 saturated carbocycles. The van der Waals surface area contributed by atoms with Crippen LogP contribution in [0.4, 0.5) is 0 Å². The van der Waals surface area contributed by atoms with Gasteiger partial charge in [0.05, 0.1) is 5.92 Å². The summed E-state index contributed by atoms with van der Waals surface area (Å²) in [5, 5.41) is 9.10. The fraction of sp³-hybridized carbons (Fsp3) is 0.792. The van der Waals surface area contributed by atoms with Crippen LogP contribution in [0.15, 0.2) is 12.2 Å². The second-order valence-corrected chi connectivity index (χ2v) is 9.09. The van der Waals surface area contributed by atoms with E-state index in [1.807, 2.05) is 0 Å². The Bertz CT molecular complexity index is 557. The van der Waals surface area contributed by atoms with Crippen LogP contribution in [0.3, 0.4) is 0 Å². The van der Waals surface area contributed by atoms with E-state index in [0.29, 0.717) is 38.5 Å². The van der Waals surface area contributed by atoms with Crippen LogP contribution in [0.1, 0.15) is 90.9 Å². The van der Waals surface area contributed by atoms with Crippen molar-refractivity contribution in [2.75, 3.05) is 0 Å². The van der Waals surface area contributed by atoms with Gasteiger partial charge in [-0.2, -0.15) is 0 Å². The summed E-state index contributed by atoms with van der Waals surface area (Å²) in [4.78, 5) is 36.1. The van der Waals surface area contributed by atoms with Gasteiger partial charge >= 0.3 is 5.97 Å². The summed E-state index contributed by atoms with van der Waals surface area (Å²) >= 11 is 0. The van der Waals surface area contributed by atoms with E-state index in [1.165, 1.54) is 25.7 Å². The highest BCUT2D eigenvalue weighted by atomic mass is 16.4. The second kappa shape index (κ2) is 11.5. The minimum atomic E-state index is -0.744.